The fourth-order valence-corrected chi connectivity index (χ4v) is 2.30. The van der Waals surface area contributed by atoms with E-state index in [-0.39, 0.29) is 5.91 Å². The van der Waals surface area contributed by atoms with E-state index >= 15 is 0 Å². The molecule has 1 aromatic carbocycles. The zero-order valence-electron chi connectivity index (χ0n) is 11.5. The predicted octanol–water partition coefficient (Wildman–Crippen LogP) is 2.21. The third-order valence-corrected chi connectivity index (χ3v) is 3.35. The zero-order valence-corrected chi connectivity index (χ0v) is 12.2. The van der Waals surface area contributed by atoms with Gasteiger partial charge < -0.3 is 9.47 Å². The lowest BCUT2D eigenvalue weighted by atomic mass is 10.2. The molecular weight excluding hydrogens is 262 g/mol. The molecule has 0 aliphatic carbocycles. The number of fused-ring (bicyclic) bond motifs is 1. The average Bonchev–Trinajstić information content (AvgIpc) is 2.69. The first-order valence-electron chi connectivity index (χ1n) is 6.25. The maximum atomic E-state index is 12.0. The average molecular weight is 280 g/mol. The van der Waals surface area contributed by atoms with Gasteiger partial charge in [-0.05, 0) is 18.6 Å². The van der Waals surface area contributed by atoms with E-state index in [1.807, 2.05) is 29.7 Å². The maximum absolute atomic E-state index is 12.0. The van der Waals surface area contributed by atoms with Crippen LogP contribution in [0.1, 0.15) is 11.4 Å². The smallest absolute Gasteiger partial charge is 0.242 e. The molecule has 0 saturated carbocycles. The van der Waals surface area contributed by atoms with Crippen LogP contribution in [0.4, 0.5) is 0 Å². The Morgan fingerprint density at radius 3 is 2.79 bits per heavy atom. The van der Waals surface area contributed by atoms with Crippen molar-refractivity contribution in [2.24, 2.45) is 0 Å². The molecule has 0 atom stereocenters. The summed E-state index contributed by atoms with van der Waals surface area (Å²) in [5.41, 5.74) is 3.07. The molecule has 0 fully saturated rings. The lowest BCUT2D eigenvalue weighted by Gasteiger charge is -2.14. The summed E-state index contributed by atoms with van der Waals surface area (Å²) in [6.07, 6.45) is 0.663. The van der Waals surface area contributed by atoms with Crippen molar-refractivity contribution in [3.63, 3.8) is 0 Å². The number of alkyl halides is 1. The van der Waals surface area contributed by atoms with Gasteiger partial charge in [0, 0.05) is 26.4 Å². The molecule has 0 bridgehead atoms. The van der Waals surface area contributed by atoms with Crippen molar-refractivity contribution in [1.29, 1.82) is 0 Å². The molecule has 2 rings (SSSR count). The molecule has 1 heterocycles. The number of para-hydroxylation sites is 1. The number of rotatable bonds is 4. The number of hydrogen-bond donors (Lipinski definition) is 0. The van der Waals surface area contributed by atoms with E-state index < -0.39 is 0 Å². The SMILES string of the molecule is Cc1cccc2nc(CCCl)n(CC(=O)N(C)C)c12. The number of hydrogen-bond acceptors (Lipinski definition) is 2. The first kappa shape index (κ1) is 13.9. The highest BCUT2D eigenvalue weighted by molar-refractivity contribution is 6.17. The van der Waals surface area contributed by atoms with Gasteiger partial charge in [0.25, 0.3) is 0 Å². The second-order valence-electron chi connectivity index (χ2n) is 4.78. The first-order chi connectivity index (χ1) is 9.04. The second kappa shape index (κ2) is 5.61. The second-order valence-corrected chi connectivity index (χ2v) is 5.16. The summed E-state index contributed by atoms with van der Waals surface area (Å²) < 4.78 is 1.98. The minimum absolute atomic E-state index is 0.0541. The monoisotopic (exact) mass is 279 g/mol. The van der Waals surface area contributed by atoms with Crippen molar-refractivity contribution in [3.05, 3.63) is 29.6 Å². The number of carbonyl (C=O) groups is 1. The Morgan fingerprint density at radius 1 is 1.42 bits per heavy atom. The molecule has 5 heteroatoms. The molecule has 19 heavy (non-hydrogen) atoms. The number of carbonyl (C=O) groups excluding carboxylic acids is 1. The van der Waals surface area contributed by atoms with E-state index in [1.165, 1.54) is 0 Å². The van der Waals surface area contributed by atoms with E-state index in [9.17, 15) is 4.79 Å². The van der Waals surface area contributed by atoms with Crippen LogP contribution in [0.2, 0.25) is 0 Å². The lowest BCUT2D eigenvalue weighted by Crippen LogP contribution is -2.27. The zero-order chi connectivity index (χ0) is 14.0. The van der Waals surface area contributed by atoms with Crippen LogP contribution < -0.4 is 0 Å². The van der Waals surface area contributed by atoms with Crippen molar-refractivity contribution in [2.45, 2.75) is 19.9 Å². The lowest BCUT2D eigenvalue weighted by molar-refractivity contribution is -0.129. The Hall–Kier alpha value is -1.55. The quantitative estimate of drug-likeness (QED) is 0.805. The van der Waals surface area contributed by atoms with E-state index in [0.717, 1.165) is 22.4 Å². The molecular formula is C14H18ClN3O. The van der Waals surface area contributed by atoms with Crippen LogP contribution in [-0.2, 0) is 17.8 Å². The van der Waals surface area contributed by atoms with Gasteiger partial charge in [0.1, 0.15) is 12.4 Å². The van der Waals surface area contributed by atoms with Crippen LogP contribution in [0.25, 0.3) is 11.0 Å². The number of likely N-dealkylation sites (N-methyl/N-ethyl adjacent to an activating group) is 1. The molecule has 0 spiro atoms. The van der Waals surface area contributed by atoms with Crippen LogP contribution in [0.3, 0.4) is 0 Å². The number of halogens is 1. The van der Waals surface area contributed by atoms with Gasteiger partial charge >= 0.3 is 0 Å². The summed E-state index contributed by atoms with van der Waals surface area (Å²) in [6, 6.07) is 5.98. The Kier molecular flexibility index (Phi) is 4.10. The number of amides is 1. The third kappa shape index (κ3) is 2.73. The molecule has 0 aliphatic rings. The number of imidazole rings is 1. The predicted molar refractivity (Wildman–Crippen MR) is 77.6 cm³/mol. The molecule has 0 aliphatic heterocycles. The Bertz CT molecular complexity index is 604. The minimum atomic E-state index is 0.0541. The van der Waals surface area contributed by atoms with Gasteiger partial charge in [-0.1, -0.05) is 12.1 Å². The van der Waals surface area contributed by atoms with Crippen molar-refractivity contribution >= 4 is 28.5 Å². The molecule has 0 N–H and O–H groups in total. The standard InChI is InChI=1S/C14H18ClN3O/c1-10-5-4-6-11-14(10)18(9-13(19)17(2)3)12(16-11)7-8-15/h4-6H,7-9H2,1-3H3. The molecule has 1 amide bonds. The summed E-state index contributed by atoms with van der Waals surface area (Å²) in [4.78, 5) is 18.1. The number of aromatic nitrogens is 2. The molecule has 1 aromatic heterocycles. The molecule has 0 radical (unpaired) electrons. The fraction of sp³-hybridized carbons (Fsp3) is 0.429. The highest BCUT2D eigenvalue weighted by Crippen LogP contribution is 2.20. The summed E-state index contributed by atoms with van der Waals surface area (Å²) >= 11 is 5.83. The highest BCUT2D eigenvalue weighted by Gasteiger charge is 2.15. The van der Waals surface area contributed by atoms with Crippen molar-refractivity contribution < 1.29 is 4.79 Å². The molecule has 2 aromatic rings. The van der Waals surface area contributed by atoms with Crippen LogP contribution >= 0.6 is 11.6 Å². The van der Waals surface area contributed by atoms with Crippen molar-refractivity contribution in [1.82, 2.24) is 14.5 Å². The summed E-state index contributed by atoms with van der Waals surface area (Å²) in [6.45, 7) is 2.34. The van der Waals surface area contributed by atoms with Crippen LogP contribution in [-0.4, -0.2) is 40.3 Å². The molecule has 0 saturated heterocycles. The van der Waals surface area contributed by atoms with Crippen molar-refractivity contribution in [2.75, 3.05) is 20.0 Å². The van der Waals surface area contributed by atoms with Crippen molar-refractivity contribution in [3.8, 4) is 0 Å². The number of benzene rings is 1. The van der Waals surface area contributed by atoms with E-state index in [4.69, 9.17) is 11.6 Å². The first-order valence-corrected chi connectivity index (χ1v) is 6.79. The minimum Gasteiger partial charge on any atom is -0.347 e. The van der Waals surface area contributed by atoms with E-state index in [2.05, 4.69) is 4.98 Å². The Labute approximate surface area is 118 Å². The Balaban J connectivity index is 2.54. The fourth-order valence-electron chi connectivity index (χ4n) is 2.14. The summed E-state index contributed by atoms with van der Waals surface area (Å²) in [5.74, 6) is 1.42. The largest absolute Gasteiger partial charge is 0.347 e. The number of nitrogens with zero attached hydrogens (tertiary/aromatic N) is 3. The number of aryl methyl sites for hydroxylation is 2. The van der Waals surface area contributed by atoms with Gasteiger partial charge in [0.15, 0.2) is 0 Å². The van der Waals surface area contributed by atoms with Gasteiger partial charge in [-0.15, -0.1) is 11.6 Å². The van der Waals surface area contributed by atoms with Gasteiger partial charge in [-0.2, -0.15) is 0 Å². The molecule has 4 nitrogen and oxygen atoms in total. The van der Waals surface area contributed by atoms with Gasteiger partial charge in [0.2, 0.25) is 5.91 Å². The normalized spacial score (nSPS) is 10.9. The summed E-state index contributed by atoms with van der Waals surface area (Å²) in [7, 11) is 3.52. The van der Waals surface area contributed by atoms with Gasteiger partial charge in [-0.3, -0.25) is 4.79 Å². The van der Waals surface area contributed by atoms with Gasteiger partial charge in [-0.25, -0.2) is 4.98 Å². The van der Waals surface area contributed by atoms with Crippen LogP contribution in [0.15, 0.2) is 18.2 Å². The molecule has 102 valence electrons. The summed E-state index contributed by atoms with van der Waals surface area (Å²) in [5, 5.41) is 0. The Morgan fingerprint density at radius 2 is 2.16 bits per heavy atom. The highest BCUT2D eigenvalue weighted by atomic mass is 35.5. The topological polar surface area (TPSA) is 38.1 Å². The maximum Gasteiger partial charge on any atom is 0.242 e. The molecule has 0 unspecified atom stereocenters. The van der Waals surface area contributed by atoms with Gasteiger partial charge in [0.05, 0.1) is 11.0 Å². The van der Waals surface area contributed by atoms with Crippen LogP contribution in [0.5, 0.6) is 0 Å². The van der Waals surface area contributed by atoms with Crippen LogP contribution in [0, 0.1) is 6.92 Å². The third-order valence-electron chi connectivity index (χ3n) is 3.16. The van der Waals surface area contributed by atoms with E-state index in [1.54, 1.807) is 19.0 Å². The van der Waals surface area contributed by atoms with E-state index in [0.29, 0.717) is 18.8 Å².